The molecular weight excluding hydrogens is 959 g/mol. The van der Waals surface area contributed by atoms with E-state index < -0.39 is 24.3 Å². The zero-order valence-corrected chi connectivity index (χ0v) is 50.8. The number of allylic oxidation sites excluding steroid dienone is 12. The number of rotatable bonds is 59. The summed E-state index contributed by atoms with van der Waals surface area (Å²) in [4.78, 5) is 37.4. The second-order valence-electron chi connectivity index (χ2n) is 22.7. The highest BCUT2D eigenvalue weighted by Crippen LogP contribution is 2.17. The fraction of sp³-hybridized carbons (Fsp3) is 0.779. The van der Waals surface area contributed by atoms with E-state index in [4.69, 9.17) is 18.9 Å². The normalized spacial score (nSPS) is 13.2. The summed E-state index contributed by atoms with van der Waals surface area (Å²) in [6, 6.07) is 0. The molecule has 0 aliphatic heterocycles. The minimum absolute atomic E-state index is 0.147. The number of carbonyl (C=O) groups is 3. The Balaban J connectivity index is 4.10. The van der Waals surface area contributed by atoms with Gasteiger partial charge in [0.05, 0.1) is 40.3 Å². The predicted octanol–water partition coefficient (Wildman–Crippen LogP) is 18.0. The van der Waals surface area contributed by atoms with E-state index >= 15 is 0 Å². The molecule has 0 aliphatic carbocycles. The Labute approximate surface area is 475 Å². The number of carboxylic acid groups (broad SMARTS) is 1. The number of likely N-dealkylation sites (N-methyl/N-ethyl adjacent to an activating group) is 1. The van der Waals surface area contributed by atoms with Crippen molar-refractivity contribution in [1.29, 1.82) is 0 Å². The summed E-state index contributed by atoms with van der Waals surface area (Å²) in [5.74, 6) is -2.28. The highest BCUT2D eigenvalue weighted by Gasteiger charge is 2.22. The maximum absolute atomic E-state index is 12.9. The molecule has 0 rings (SSSR count). The number of unbranched alkanes of at least 4 members (excludes halogenated alkanes) is 32. The lowest BCUT2D eigenvalue weighted by Crippen LogP contribution is -2.44. The van der Waals surface area contributed by atoms with Gasteiger partial charge in [-0.2, -0.15) is 0 Å². The van der Waals surface area contributed by atoms with E-state index in [1.807, 2.05) is 21.1 Å². The van der Waals surface area contributed by atoms with Crippen molar-refractivity contribution in [3.05, 3.63) is 72.9 Å². The van der Waals surface area contributed by atoms with Gasteiger partial charge in [-0.3, -0.25) is 9.59 Å². The molecule has 0 aromatic carbocycles. The molecule has 446 valence electrons. The van der Waals surface area contributed by atoms with Crippen LogP contribution in [0.4, 0.5) is 0 Å². The van der Waals surface area contributed by atoms with Gasteiger partial charge in [0.2, 0.25) is 0 Å². The van der Waals surface area contributed by atoms with Gasteiger partial charge in [0.15, 0.2) is 12.4 Å². The molecule has 0 fully saturated rings. The SMILES string of the molecule is CC/C=C\C/C=C\C/C=C\C/C=C\CCCCCCCCCCCCCCCCCCCCCCC(=O)OC(COC(=O)CCCCCCCCCCC/C=C\C/C=C\CCCCC)COC(OCC[N+](C)(C)C)C(=O)[O-]. The van der Waals surface area contributed by atoms with E-state index in [-0.39, 0.29) is 38.6 Å². The first kappa shape index (κ1) is 73.7. The Morgan fingerprint density at radius 2 is 0.740 bits per heavy atom. The molecule has 0 spiro atoms. The van der Waals surface area contributed by atoms with Crippen LogP contribution in [0.15, 0.2) is 72.9 Å². The van der Waals surface area contributed by atoms with Gasteiger partial charge in [-0.05, 0) is 83.5 Å². The Morgan fingerprint density at radius 3 is 1.10 bits per heavy atom. The molecule has 0 amide bonds. The quantitative estimate of drug-likeness (QED) is 0.0195. The van der Waals surface area contributed by atoms with Crippen LogP contribution in [0.25, 0.3) is 0 Å². The monoisotopic (exact) mass is 1080 g/mol. The number of carbonyl (C=O) groups excluding carboxylic acids is 3. The maximum atomic E-state index is 12.9. The molecule has 0 saturated carbocycles. The highest BCUT2D eigenvalue weighted by molar-refractivity contribution is 5.70. The molecule has 77 heavy (non-hydrogen) atoms. The third-order valence-electron chi connectivity index (χ3n) is 13.9. The van der Waals surface area contributed by atoms with Crippen LogP contribution in [0.2, 0.25) is 0 Å². The number of aliphatic carboxylic acids is 1. The summed E-state index contributed by atoms with van der Waals surface area (Å²) < 4.78 is 22.8. The zero-order chi connectivity index (χ0) is 56.2. The lowest BCUT2D eigenvalue weighted by atomic mass is 10.0. The Bertz CT molecular complexity index is 1490. The van der Waals surface area contributed by atoms with Gasteiger partial charge in [0.1, 0.15) is 13.2 Å². The number of quaternary nitrogens is 1. The van der Waals surface area contributed by atoms with Crippen molar-refractivity contribution < 1.29 is 42.9 Å². The lowest BCUT2D eigenvalue weighted by Gasteiger charge is -2.26. The van der Waals surface area contributed by atoms with Crippen LogP contribution in [-0.2, 0) is 33.3 Å². The molecule has 2 unspecified atom stereocenters. The van der Waals surface area contributed by atoms with Crippen LogP contribution in [0.5, 0.6) is 0 Å². The van der Waals surface area contributed by atoms with Gasteiger partial charge in [-0.1, -0.05) is 260 Å². The first-order valence-corrected chi connectivity index (χ1v) is 32.1. The largest absolute Gasteiger partial charge is 0.545 e. The predicted molar refractivity (Wildman–Crippen MR) is 325 cm³/mol. The number of carboxylic acids is 1. The van der Waals surface area contributed by atoms with Crippen molar-refractivity contribution in [2.45, 2.75) is 296 Å². The zero-order valence-electron chi connectivity index (χ0n) is 50.8. The average molecular weight is 1080 g/mol. The van der Waals surface area contributed by atoms with Crippen molar-refractivity contribution in [3.63, 3.8) is 0 Å². The summed E-state index contributed by atoms with van der Waals surface area (Å²) in [6.07, 6.45) is 74.0. The van der Waals surface area contributed by atoms with E-state index in [1.165, 1.54) is 186 Å². The van der Waals surface area contributed by atoms with Crippen LogP contribution >= 0.6 is 0 Å². The molecule has 0 bridgehead atoms. The number of ether oxygens (including phenoxy) is 4. The van der Waals surface area contributed by atoms with Gasteiger partial charge in [0, 0.05) is 12.8 Å². The Morgan fingerprint density at radius 1 is 0.403 bits per heavy atom. The van der Waals surface area contributed by atoms with Gasteiger partial charge in [-0.15, -0.1) is 0 Å². The van der Waals surface area contributed by atoms with E-state index in [2.05, 4.69) is 86.8 Å². The molecule has 9 nitrogen and oxygen atoms in total. The number of hydrogen-bond donors (Lipinski definition) is 0. The molecule has 0 aromatic rings. The van der Waals surface area contributed by atoms with Crippen molar-refractivity contribution in [2.24, 2.45) is 0 Å². The minimum atomic E-state index is -1.62. The molecule has 0 N–H and O–H groups in total. The maximum Gasteiger partial charge on any atom is 0.306 e. The second kappa shape index (κ2) is 58.9. The molecule has 0 aromatic heterocycles. The standard InChI is InChI=1S/C68H121NO8/c1-6-8-10-12-14-16-18-20-22-24-26-27-28-29-30-31-32-33-34-35-36-37-38-39-41-43-45-47-49-51-53-55-57-59-66(71)77-64(63-76-68(67(72)73)74-61-60-69(3,4)5)62-75-65(70)58-56-54-52-50-48-46-44-42-40-25-23-21-19-17-15-13-11-9-7-2/h8,10,14-17,20-23,26-27,64,68H,6-7,9,11-13,18-19,24-25,28-63H2,1-5H3/b10-8-,16-14-,17-15-,22-20-,23-21-,27-26-. The van der Waals surface area contributed by atoms with E-state index in [0.29, 0.717) is 17.4 Å². The van der Waals surface area contributed by atoms with E-state index in [9.17, 15) is 19.5 Å². The third-order valence-corrected chi connectivity index (χ3v) is 13.9. The van der Waals surface area contributed by atoms with Gasteiger partial charge in [-0.25, -0.2) is 0 Å². The fourth-order valence-electron chi connectivity index (χ4n) is 9.03. The van der Waals surface area contributed by atoms with Crippen LogP contribution in [0, 0.1) is 0 Å². The first-order valence-electron chi connectivity index (χ1n) is 32.1. The number of esters is 2. The van der Waals surface area contributed by atoms with Crippen molar-refractivity contribution in [3.8, 4) is 0 Å². The number of hydrogen-bond acceptors (Lipinski definition) is 8. The van der Waals surface area contributed by atoms with E-state index in [1.54, 1.807) is 0 Å². The van der Waals surface area contributed by atoms with Crippen LogP contribution in [-0.4, -0.2) is 82.3 Å². The molecule has 2 atom stereocenters. The summed E-state index contributed by atoms with van der Waals surface area (Å²) in [6.45, 7) is 4.64. The molecular formula is C68H121NO8. The third kappa shape index (κ3) is 60.2. The van der Waals surface area contributed by atoms with Crippen molar-refractivity contribution in [1.82, 2.24) is 0 Å². The Hall–Kier alpha value is -3.27. The second-order valence-corrected chi connectivity index (χ2v) is 22.7. The number of nitrogens with zero attached hydrogens (tertiary/aromatic N) is 1. The van der Waals surface area contributed by atoms with Crippen molar-refractivity contribution in [2.75, 3.05) is 47.5 Å². The van der Waals surface area contributed by atoms with E-state index in [0.717, 1.165) is 64.2 Å². The van der Waals surface area contributed by atoms with Crippen LogP contribution in [0.3, 0.4) is 0 Å². The smallest absolute Gasteiger partial charge is 0.306 e. The minimum Gasteiger partial charge on any atom is -0.545 e. The lowest BCUT2D eigenvalue weighted by molar-refractivity contribution is -0.870. The summed E-state index contributed by atoms with van der Waals surface area (Å²) in [5, 5.41) is 11.8. The van der Waals surface area contributed by atoms with Gasteiger partial charge >= 0.3 is 11.9 Å². The summed E-state index contributed by atoms with van der Waals surface area (Å²) in [7, 11) is 5.93. The molecule has 0 radical (unpaired) electrons. The average Bonchev–Trinajstić information content (AvgIpc) is 3.40. The molecule has 0 saturated heterocycles. The van der Waals surface area contributed by atoms with Gasteiger partial charge in [0.25, 0.3) is 0 Å². The summed E-state index contributed by atoms with van der Waals surface area (Å²) >= 11 is 0. The van der Waals surface area contributed by atoms with Crippen LogP contribution < -0.4 is 5.11 Å². The first-order chi connectivity index (χ1) is 37.6. The highest BCUT2D eigenvalue weighted by atomic mass is 16.7. The fourth-order valence-corrected chi connectivity index (χ4v) is 9.03. The topological polar surface area (TPSA) is 111 Å². The molecule has 9 heteroatoms. The molecule has 0 aliphatic rings. The van der Waals surface area contributed by atoms with Gasteiger partial charge < -0.3 is 33.3 Å². The Kier molecular flexibility index (Phi) is 56.4. The van der Waals surface area contributed by atoms with Crippen molar-refractivity contribution >= 4 is 17.9 Å². The molecule has 0 heterocycles. The van der Waals surface area contributed by atoms with Crippen LogP contribution in [0.1, 0.15) is 284 Å². The summed E-state index contributed by atoms with van der Waals surface area (Å²) in [5.41, 5.74) is 0.